The van der Waals surface area contributed by atoms with Crippen molar-refractivity contribution in [2.75, 3.05) is 0 Å². The molecule has 1 heterocycles. The minimum Gasteiger partial charge on any atom is -0.485 e. The number of aromatic nitrogens is 2. The van der Waals surface area contributed by atoms with Crippen LogP contribution in [0.5, 0.6) is 5.75 Å². The lowest BCUT2D eigenvalue weighted by Gasteiger charge is -2.12. The van der Waals surface area contributed by atoms with E-state index in [-0.39, 0.29) is 6.04 Å². The third-order valence-corrected chi connectivity index (χ3v) is 3.00. The van der Waals surface area contributed by atoms with E-state index in [0.29, 0.717) is 6.61 Å². The van der Waals surface area contributed by atoms with Crippen LogP contribution in [-0.2, 0) is 13.7 Å². The van der Waals surface area contributed by atoms with Crippen molar-refractivity contribution < 1.29 is 4.74 Å². The molecule has 2 N–H and O–H groups in total. The largest absolute Gasteiger partial charge is 0.485 e. The molecular weight excluding hydrogens is 226 g/mol. The molecule has 0 radical (unpaired) electrons. The lowest BCUT2D eigenvalue weighted by Crippen LogP contribution is -2.06. The molecule has 0 fully saturated rings. The molecule has 0 aliphatic heterocycles. The van der Waals surface area contributed by atoms with Gasteiger partial charge in [-0.25, -0.2) is 4.98 Å². The summed E-state index contributed by atoms with van der Waals surface area (Å²) in [6, 6.07) is 6.09. The highest BCUT2D eigenvalue weighted by Crippen LogP contribution is 2.22. The van der Waals surface area contributed by atoms with Gasteiger partial charge in [0.05, 0.1) is 0 Å². The van der Waals surface area contributed by atoms with Gasteiger partial charge in [-0.15, -0.1) is 0 Å². The number of benzene rings is 1. The molecule has 2 aromatic rings. The van der Waals surface area contributed by atoms with E-state index in [1.54, 1.807) is 6.20 Å². The first-order chi connectivity index (χ1) is 8.58. The monoisotopic (exact) mass is 245 g/mol. The number of rotatable bonds is 4. The van der Waals surface area contributed by atoms with Crippen molar-refractivity contribution in [1.82, 2.24) is 9.55 Å². The van der Waals surface area contributed by atoms with Crippen molar-refractivity contribution in [3.8, 4) is 5.75 Å². The van der Waals surface area contributed by atoms with Crippen molar-refractivity contribution in [2.24, 2.45) is 12.8 Å². The van der Waals surface area contributed by atoms with Gasteiger partial charge in [0, 0.05) is 25.5 Å². The Balaban J connectivity index is 2.08. The van der Waals surface area contributed by atoms with Crippen LogP contribution in [0.15, 0.2) is 30.6 Å². The summed E-state index contributed by atoms with van der Waals surface area (Å²) in [5.74, 6) is 1.79. The average Bonchev–Trinajstić information content (AvgIpc) is 2.73. The van der Waals surface area contributed by atoms with Crippen LogP contribution < -0.4 is 10.5 Å². The molecule has 2 rings (SSSR count). The Morgan fingerprint density at radius 3 is 2.78 bits per heavy atom. The van der Waals surface area contributed by atoms with E-state index < -0.39 is 0 Å². The molecule has 0 bridgehead atoms. The van der Waals surface area contributed by atoms with Crippen LogP contribution in [0.25, 0.3) is 0 Å². The van der Waals surface area contributed by atoms with Gasteiger partial charge in [-0.1, -0.05) is 12.1 Å². The van der Waals surface area contributed by atoms with Gasteiger partial charge in [0.25, 0.3) is 0 Å². The molecule has 4 nitrogen and oxygen atoms in total. The zero-order valence-electron chi connectivity index (χ0n) is 11.1. The third kappa shape index (κ3) is 2.71. The molecule has 18 heavy (non-hydrogen) atoms. The van der Waals surface area contributed by atoms with E-state index in [1.807, 2.05) is 43.8 Å². The summed E-state index contributed by atoms with van der Waals surface area (Å²) in [5, 5.41) is 0. The van der Waals surface area contributed by atoms with Crippen molar-refractivity contribution in [1.29, 1.82) is 0 Å². The summed E-state index contributed by atoms with van der Waals surface area (Å²) in [7, 11) is 1.96. The molecule has 0 saturated carbocycles. The molecular formula is C14H19N3O. The standard InChI is InChI=1S/C14H19N3O/c1-10-8-12(11(2)15)4-5-13(10)18-9-14-16-6-7-17(14)3/h4-8,11H,9,15H2,1-3H3. The molecule has 0 saturated heterocycles. The SMILES string of the molecule is Cc1cc(C(C)N)ccc1OCc1nccn1C. The van der Waals surface area contributed by atoms with E-state index in [0.717, 1.165) is 22.7 Å². The van der Waals surface area contributed by atoms with Crippen molar-refractivity contribution in [3.63, 3.8) is 0 Å². The molecule has 1 aromatic carbocycles. The first-order valence-corrected chi connectivity index (χ1v) is 6.03. The molecule has 96 valence electrons. The summed E-state index contributed by atoms with van der Waals surface area (Å²) in [6.45, 7) is 4.48. The van der Waals surface area contributed by atoms with Gasteiger partial charge in [0.15, 0.2) is 0 Å². The van der Waals surface area contributed by atoms with Crippen LogP contribution in [0.2, 0.25) is 0 Å². The van der Waals surface area contributed by atoms with Gasteiger partial charge in [0.1, 0.15) is 18.2 Å². The van der Waals surface area contributed by atoms with Gasteiger partial charge in [-0.3, -0.25) is 0 Å². The maximum Gasteiger partial charge on any atom is 0.146 e. The van der Waals surface area contributed by atoms with Gasteiger partial charge < -0.3 is 15.0 Å². The molecule has 1 unspecified atom stereocenters. The van der Waals surface area contributed by atoms with Crippen LogP contribution in [-0.4, -0.2) is 9.55 Å². The lowest BCUT2D eigenvalue weighted by atomic mass is 10.1. The zero-order valence-corrected chi connectivity index (χ0v) is 11.1. The predicted molar refractivity (Wildman–Crippen MR) is 71.3 cm³/mol. The Bertz CT molecular complexity index is 532. The summed E-state index contributed by atoms with van der Waals surface area (Å²) >= 11 is 0. The minimum atomic E-state index is 0.0484. The van der Waals surface area contributed by atoms with Gasteiger partial charge in [-0.05, 0) is 31.0 Å². The Hall–Kier alpha value is -1.81. The quantitative estimate of drug-likeness (QED) is 0.899. The Morgan fingerprint density at radius 1 is 1.44 bits per heavy atom. The lowest BCUT2D eigenvalue weighted by molar-refractivity contribution is 0.289. The van der Waals surface area contributed by atoms with Crippen LogP contribution in [0.4, 0.5) is 0 Å². The van der Waals surface area contributed by atoms with Crippen LogP contribution >= 0.6 is 0 Å². The average molecular weight is 245 g/mol. The van der Waals surface area contributed by atoms with Crippen LogP contribution in [0, 0.1) is 6.92 Å². The fourth-order valence-corrected chi connectivity index (χ4v) is 1.80. The summed E-state index contributed by atoms with van der Waals surface area (Å²) in [6.07, 6.45) is 3.68. The van der Waals surface area contributed by atoms with E-state index in [9.17, 15) is 0 Å². The highest BCUT2D eigenvalue weighted by atomic mass is 16.5. The minimum absolute atomic E-state index is 0.0484. The number of hydrogen-bond acceptors (Lipinski definition) is 3. The molecule has 1 aromatic heterocycles. The second-order valence-corrected chi connectivity index (χ2v) is 4.56. The summed E-state index contributed by atoms with van der Waals surface area (Å²) in [4.78, 5) is 4.22. The Kier molecular flexibility index (Phi) is 3.67. The topological polar surface area (TPSA) is 53.1 Å². The van der Waals surface area contributed by atoms with E-state index in [2.05, 4.69) is 11.1 Å². The number of aryl methyl sites for hydroxylation is 2. The normalized spacial score (nSPS) is 12.4. The van der Waals surface area contributed by atoms with Crippen molar-refractivity contribution in [2.45, 2.75) is 26.5 Å². The van der Waals surface area contributed by atoms with Crippen molar-refractivity contribution >= 4 is 0 Å². The first-order valence-electron chi connectivity index (χ1n) is 6.03. The number of imidazole rings is 1. The fraction of sp³-hybridized carbons (Fsp3) is 0.357. The maximum atomic E-state index is 5.85. The number of nitrogens with zero attached hydrogens (tertiary/aromatic N) is 2. The molecule has 0 aliphatic carbocycles. The van der Waals surface area contributed by atoms with Gasteiger partial charge >= 0.3 is 0 Å². The zero-order chi connectivity index (χ0) is 13.1. The summed E-state index contributed by atoms with van der Waals surface area (Å²) < 4.78 is 7.72. The molecule has 1 atom stereocenters. The fourth-order valence-electron chi connectivity index (χ4n) is 1.80. The third-order valence-electron chi connectivity index (χ3n) is 3.00. The van der Waals surface area contributed by atoms with Crippen LogP contribution in [0.3, 0.4) is 0 Å². The smallest absolute Gasteiger partial charge is 0.146 e. The molecule has 0 spiro atoms. The van der Waals surface area contributed by atoms with E-state index >= 15 is 0 Å². The van der Waals surface area contributed by atoms with Gasteiger partial charge in [0.2, 0.25) is 0 Å². The first kappa shape index (κ1) is 12.6. The second-order valence-electron chi connectivity index (χ2n) is 4.56. The van der Waals surface area contributed by atoms with Gasteiger partial charge in [-0.2, -0.15) is 0 Å². The number of ether oxygens (including phenoxy) is 1. The predicted octanol–water partition coefficient (Wildman–Crippen LogP) is 2.33. The molecule has 4 heteroatoms. The highest BCUT2D eigenvalue weighted by Gasteiger charge is 2.06. The van der Waals surface area contributed by atoms with Crippen molar-refractivity contribution in [3.05, 3.63) is 47.5 Å². The Labute approximate surface area is 107 Å². The van der Waals surface area contributed by atoms with Crippen LogP contribution in [0.1, 0.15) is 29.9 Å². The Morgan fingerprint density at radius 2 is 2.22 bits per heavy atom. The number of hydrogen-bond donors (Lipinski definition) is 1. The highest BCUT2D eigenvalue weighted by molar-refractivity contribution is 5.37. The molecule has 0 amide bonds. The van der Waals surface area contributed by atoms with E-state index in [4.69, 9.17) is 10.5 Å². The maximum absolute atomic E-state index is 5.85. The molecule has 0 aliphatic rings. The number of nitrogens with two attached hydrogens (primary N) is 1. The summed E-state index contributed by atoms with van der Waals surface area (Å²) in [5.41, 5.74) is 8.07. The second kappa shape index (κ2) is 5.23. The van der Waals surface area contributed by atoms with E-state index in [1.165, 1.54) is 0 Å².